The summed E-state index contributed by atoms with van der Waals surface area (Å²) in [6, 6.07) is 12.8. The zero-order chi connectivity index (χ0) is 17.3. The second-order valence-corrected chi connectivity index (χ2v) is 6.30. The summed E-state index contributed by atoms with van der Waals surface area (Å²) >= 11 is 3.38. The topological polar surface area (TPSA) is 83.7 Å². The minimum atomic E-state index is -0.214. The molecule has 0 bridgehead atoms. The maximum absolute atomic E-state index is 11.2. The van der Waals surface area contributed by atoms with Crippen LogP contribution in [-0.2, 0) is 11.3 Å². The molecule has 0 radical (unpaired) electrons. The highest BCUT2D eigenvalue weighted by molar-refractivity contribution is 9.10. The second-order valence-electron chi connectivity index (χ2n) is 5.39. The van der Waals surface area contributed by atoms with E-state index in [9.17, 15) is 14.8 Å². The molecule has 6 nitrogen and oxygen atoms in total. The fraction of sp³-hybridized carbons (Fsp3) is 0.118. The summed E-state index contributed by atoms with van der Waals surface area (Å²) in [5, 5.41) is 16.5. The van der Waals surface area contributed by atoms with Crippen molar-refractivity contribution in [3.63, 3.8) is 0 Å². The van der Waals surface area contributed by atoms with Crippen molar-refractivity contribution in [2.24, 2.45) is 5.18 Å². The number of benzene rings is 2. The van der Waals surface area contributed by atoms with Gasteiger partial charge in [0.05, 0.1) is 12.1 Å². The van der Waals surface area contributed by atoms with Gasteiger partial charge >= 0.3 is 0 Å². The van der Waals surface area contributed by atoms with Crippen LogP contribution in [0.5, 0.6) is 5.88 Å². The summed E-state index contributed by atoms with van der Waals surface area (Å²) in [6.45, 7) is 1.80. The molecular formula is C17H14BrN3O3. The molecule has 7 heteroatoms. The first-order valence-corrected chi connectivity index (χ1v) is 7.99. The Morgan fingerprint density at radius 1 is 1.25 bits per heavy atom. The Balaban J connectivity index is 2.10. The van der Waals surface area contributed by atoms with Crippen molar-refractivity contribution in [1.29, 1.82) is 0 Å². The van der Waals surface area contributed by atoms with Gasteiger partial charge in [-0.3, -0.25) is 4.79 Å². The van der Waals surface area contributed by atoms with E-state index in [2.05, 4.69) is 26.4 Å². The largest absolute Gasteiger partial charge is 0.493 e. The Kier molecular flexibility index (Phi) is 4.35. The molecule has 0 spiro atoms. The van der Waals surface area contributed by atoms with E-state index in [1.54, 1.807) is 22.8 Å². The van der Waals surface area contributed by atoms with Crippen LogP contribution in [0.1, 0.15) is 12.5 Å². The first kappa shape index (κ1) is 16.2. The number of aromatic hydroxyl groups is 1. The first-order valence-electron chi connectivity index (χ1n) is 7.20. The normalized spacial score (nSPS) is 10.8. The van der Waals surface area contributed by atoms with Crippen LogP contribution in [0.15, 0.2) is 52.1 Å². The van der Waals surface area contributed by atoms with Gasteiger partial charge in [-0.2, -0.15) is 0 Å². The van der Waals surface area contributed by atoms with Crippen molar-refractivity contribution in [3.8, 4) is 5.88 Å². The van der Waals surface area contributed by atoms with Crippen molar-refractivity contribution in [2.45, 2.75) is 13.5 Å². The number of carbonyl (C=O) groups is 1. The molecule has 0 fully saturated rings. The lowest BCUT2D eigenvalue weighted by Crippen LogP contribution is -2.05. The zero-order valence-electron chi connectivity index (χ0n) is 12.8. The van der Waals surface area contributed by atoms with Crippen LogP contribution in [-0.4, -0.2) is 15.6 Å². The summed E-state index contributed by atoms with van der Waals surface area (Å²) in [6.07, 6.45) is 0. The van der Waals surface area contributed by atoms with Crippen molar-refractivity contribution in [2.75, 3.05) is 5.32 Å². The number of fused-ring (bicyclic) bond motifs is 1. The molecule has 3 rings (SSSR count). The minimum Gasteiger partial charge on any atom is -0.493 e. The molecular weight excluding hydrogens is 374 g/mol. The Hall–Kier alpha value is -2.67. The lowest BCUT2D eigenvalue weighted by molar-refractivity contribution is -0.114. The molecule has 1 amide bonds. The van der Waals surface area contributed by atoms with Crippen LogP contribution in [0.4, 0.5) is 11.4 Å². The summed E-state index contributed by atoms with van der Waals surface area (Å²) in [4.78, 5) is 22.4. The summed E-state index contributed by atoms with van der Waals surface area (Å²) in [7, 11) is 0. The van der Waals surface area contributed by atoms with Crippen molar-refractivity contribution >= 4 is 44.1 Å². The molecule has 3 aromatic rings. The predicted octanol–water partition coefficient (Wildman–Crippen LogP) is 4.51. The number of amides is 1. The first-order chi connectivity index (χ1) is 11.5. The van der Waals surface area contributed by atoms with Gasteiger partial charge in [-0.05, 0) is 41.1 Å². The average Bonchev–Trinajstić information content (AvgIpc) is 2.80. The maximum atomic E-state index is 11.2. The molecule has 1 aromatic heterocycles. The van der Waals surface area contributed by atoms with Gasteiger partial charge in [0.25, 0.3) is 0 Å². The highest BCUT2D eigenvalue weighted by Gasteiger charge is 2.18. The van der Waals surface area contributed by atoms with Crippen LogP contribution in [0.2, 0.25) is 0 Å². The number of hydrogen-bond donors (Lipinski definition) is 2. The maximum Gasteiger partial charge on any atom is 0.222 e. The number of nitrogens with zero attached hydrogens (tertiary/aromatic N) is 2. The smallest absolute Gasteiger partial charge is 0.222 e. The Bertz CT molecular complexity index is 932. The molecule has 2 N–H and O–H groups in total. The number of carbonyl (C=O) groups excluding carboxylic acids is 1. The van der Waals surface area contributed by atoms with Gasteiger partial charge in [0, 0.05) is 22.5 Å². The van der Waals surface area contributed by atoms with E-state index in [0.29, 0.717) is 23.1 Å². The van der Waals surface area contributed by atoms with E-state index >= 15 is 0 Å². The molecule has 2 aromatic carbocycles. The van der Waals surface area contributed by atoms with Gasteiger partial charge < -0.3 is 15.0 Å². The van der Waals surface area contributed by atoms with Crippen molar-refractivity contribution < 1.29 is 9.90 Å². The SMILES string of the molecule is CC(=O)Nc1ccc2c(c1)c(N=O)c(O)n2Cc1ccc(Br)cc1. The van der Waals surface area contributed by atoms with Crippen LogP contribution in [0.25, 0.3) is 10.9 Å². The van der Waals surface area contributed by atoms with Gasteiger partial charge in [0.1, 0.15) is 0 Å². The third kappa shape index (κ3) is 3.03. The molecule has 122 valence electrons. The fourth-order valence-electron chi connectivity index (χ4n) is 2.63. The Labute approximate surface area is 146 Å². The average molecular weight is 388 g/mol. The second kappa shape index (κ2) is 6.45. The van der Waals surface area contributed by atoms with Crippen LogP contribution < -0.4 is 5.32 Å². The number of nitroso groups, excluding NO2 is 1. The van der Waals surface area contributed by atoms with E-state index in [4.69, 9.17) is 0 Å². The fourth-order valence-corrected chi connectivity index (χ4v) is 2.89. The van der Waals surface area contributed by atoms with Gasteiger partial charge in [0.15, 0.2) is 5.69 Å². The van der Waals surface area contributed by atoms with Gasteiger partial charge in [0.2, 0.25) is 11.8 Å². The molecule has 0 unspecified atom stereocenters. The third-order valence-electron chi connectivity index (χ3n) is 3.68. The number of hydrogen-bond acceptors (Lipinski definition) is 4. The monoisotopic (exact) mass is 387 g/mol. The van der Waals surface area contributed by atoms with E-state index in [1.807, 2.05) is 24.3 Å². The molecule has 0 aliphatic carbocycles. The molecule has 0 aliphatic heterocycles. The number of halogens is 1. The number of rotatable bonds is 4. The van der Waals surface area contributed by atoms with E-state index < -0.39 is 0 Å². The van der Waals surface area contributed by atoms with Gasteiger partial charge in [-0.1, -0.05) is 28.1 Å². The van der Waals surface area contributed by atoms with Crippen molar-refractivity contribution in [3.05, 3.63) is 57.4 Å². The molecule has 0 aliphatic rings. The van der Waals surface area contributed by atoms with Crippen LogP contribution in [0, 0.1) is 4.91 Å². The summed E-state index contributed by atoms with van der Waals surface area (Å²) in [5.41, 5.74) is 2.14. The lowest BCUT2D eigenvalue weighted by atomic mass is 10.2. The van der Waals surface area contributed by atoms with E-state index in [1.165, 1.54) is 6.92 Å². The Morgan fingerprint density at radius 3 is 2.58 bits per heavy atom. The zero-order valence-corrected chi connectivity index (χ0v) is 14.4. The number of aromatic nitrogens is 1. The highest BCUT2D eigenvalue weighted by atomic mass is 79.9. The van der Waals surface area contributed by atoms with E-state index in [0.717, 1.165) is 10.0 Å². The van der Waals surface area contributed by atoms with E-state index in [-0.39, 0.29) is 17.5 Å². The molecule has 0 saturated carbocycles. The van der Waals surface area contributed by atoms with Gasteiger partial charge in [-0.15, -0.1) is 4.91 Å². The molecule has 1 heterocycles. The van der Waals surface area contributed by atoms with Crippen LogP contribution in [0.3, 0.4) is 0 Å². The number of nitrogens with one attached hydrogen (secondary N) is 1. The number of anilines is 1. The third-order valence-corrected chi connectivity index (χ3v) is 4.20. The van der Waals surface area contributed by atoms with Gasteiger partial charge in [-0.25, -0.2) is 0 Å². The molecule has 0 atom stereocenters. The molecule has 24 heavy (non-hydrogen) atoms. The van der Waals surface area contributed by atoms with Crippen molar-refractivity contribution in [1.82, 2.24) is 4.57 Å². The summed E-state index contributed by atoms with van der Waals surface area (Å²) < 4.78 is 2.58. The Morgan fingerprint density at radius 2 is 1.96 bits per heavy atom. The standard InChI is InChI=1S/C17H14BrN3O3/c1-10(22)19-13-6-7-15-14(8-13)16(20-24)17(23)21(15)9-11-2-4-12(18)5-3-11/h2-8,23H,9H2,1H3,(H,19,22). The highest BCUT2D eigenvalue weighted by Crippen LogP contribution is 2.40. The lowest BCUT2D eigenvalue weighted by Gasteiger charge is -2.08. The minimum absolute atomic E-state index is 0.0330. The molecule has 0 saturated heterocycles. The quantitative estimate of drug-likeness (QED) is 0.645. The predicted molar refractivity (Wildman–Crippen MR) is 96.6 cm³/mol. The van der Waals surface area contributed by atoms with Crippen LogP contribution >= 0.6 is 15.9 Å². The summed E-state index contributed by atoms with van der Waals surface area (Å²) in [5.74, 6) is -0.406.